The number of rotatable bonds is 8. The largest absolute Gasteiger partial charge is 0.466 e. The normalized spacial score (nSPS) is 12.6. The monoisotopic (exact) mass is 256 g/mol. The van der Waals surface area contributed by atoms with Crippen molar-refractivity contribution in [3.63, 3.8) is 0 Å². The van der Waals surface area contributed by atoms with Crippen LogP contribution in [0.1, 0.15) is 80.1 Å². The summed E-state index contributed by atoms with van der Waals surface area (Å²) in [5, 5.41) is 0. The van der Waals surface area contributed by atoms with Crippen molar-refractivity contribution in [2.45, 2.75) is 80.1 Å². The minimum absolute atomic E-state index is 0.0324. The van der Waals surface area contributed by atoms with E-state index < -0.39 is 0 Å². The van der Waals surface area contributed by atoms with Crippen LogP contribution in [-0.4, -0.2) is 12.6 Å². The van der Waals surface area contributed by atoms with E-state index in [0.717, 1.165) is 32.1 Å². The summed E-state index contributed by atoms with van der Waals surface area (Å²) >= 11 is 0. The first-order valence-electron chi connectivity index (χ1n) is 7.32. The Hall–Kier alpha value is -0.530. The van der Waals surface area contributed by atoms with E-state index in [1.165, 1.54) is 0 Å². The summed E-state index contributed by atoms with van der Waals surface area (Å²) in [5.74, 6) is -0.0324. The van der Waals surface area contributed by atoms with Gasteiger partial charge in [0, 0.05) is 6.42 Å². The lowest BCUT2D eigenvalue weighted by molar-refractivity contribution is -0.144. The lowest BCUT2D eigenvalue weighted by atomic mass is 9.75. The summed E-state index contributed by atoms with van der Waals surface area (Å²) in [6.45, 7) is 14.0. The third-order valence-corrected chi connectivity index (χ3v) is 3.04. The van der Waals surface area contributed by atoms with Crippen molar-refractivity contribution in [2.75, 3.05) is 6.61 Å². The predicted octanol–water partition coefficient (Wildman–Crippen LogP) is 4.96. The van der Waals surface area contributed by atoms with Gasteiger partial charge in [0.2, 0.25) is 0 Å². The van der Waals surface area contributed by atoms with Crippen molar-refractivity contribution < 1.29 is 9.53 Å². The molecule has 0 bridgehead atoms. The summed E-state index contributed by atoms with van der Waals surface area (Å²) in [7, 11) is 0. The highest BCUT2D eigenvalue weighted by Crippen LogP contribution is 2.35. The Labute approximate surface area is 113 Å². The minimum atomic E-state index is -0.0324. The van der Waals surface area contributed by atoms with Gasteiger partial charge in [-0.1, -0.05) is 54.4 Å². The zero-order valence-corrected chi connectivity index (χ0v) is 13.3. The maximum atomic E-state index is 11.5. The highest BCUT2D eigenvalue weighted by molar-refractivity contribution is 5.69. The molecule has 0 saturated heterocycles. The Morgan fingerprint density at radius 1 is 1.06 bits per heavy atom. The molecular formula is C16H32O2. The van der Waals surface area contributed by atoms with Gasteiger partial charge in [-0.3, -0.25) is 4.79 Å². The molecule has 0 heterocycles. The second-order valence-electron chi connectivity index (χ2n) is 7.33. The van der Waals surface area contributed by atoms with E-state index >= 15 is 0 Å². The first kappa shape index (κ1) is 17.5. The highest BCUT2D eigenvalue weighted by atomic mass is 16.5. The van der Waals surface area contributed by atoms with Crippen LogP contribution in [0.2, 0.25) is 0 Å². The second-order valence-corrected chi connectivity index (χ2v) is 7.33. The molecule has 0 saturated carbocycles. The Balaban J connectivity index is 3.79. The van der Waals surface area contributed by atoms with Crippen molar-refractivity contribution in [1.29, 1.82) is 0 Å². The average Bonchev–Trinajstić information content (AvgIpc) is 2.13. The van der Waals surface area contributed by atoms with Crippen molar-refractivity contribution in [3.05, 3.63) is 0 Å². The van der Waals surface area contributed by atoms with E-state index in [9.17, 15) is 4.79 Å². The molecule has 0 aliphatic rings. The van der Waals surface area contributed by atoms with Gasteiger partial charge in [0.1, 0.15) is 0 Å². The summed E-state index contributed by atoms with van der Waals surface area (Å²) in [6.07, 6.45) is 5.89. The maximum Gasteiger partial charge on any atom is 0.305 e. The van der Waals surface area contributed by atoms with Gasteiger partial charge in [0.25, 0.3) is 0 Å². The van der Waals surface area contributed by atoms with E-state index in [-0.39, 0.29) is 11.4 Å². The third-order valence-electron chi connectivity index (χ3n) is 3.04. The fraction of sp³-hybridized carbons (Fsp3) is 0.938. The molecule has 0 atom stereocenters. The number of carbonyl (C=O) groups excluding carboxylic acids is 1. The van der Waals surface area contributed by atoms with Crippen LogP contribution in [0.4, 0.5) is 0 Å². The van der Waals surface area contributed by atoms with Gasteiger partial charge in [-0.15, -0.1) is 0 Å². The van der Waals surface area contributed by atoms with E-state index in [2.05, 4.69) is 41.5 Å². The summed E-state index contributed by atoms with van der Waals surface area (Å²) in [4.78, 5) is 11.5. The quantitative estimate of drug-likeness (QED) is 0.453. The smallest absolute Gasteiger partial charge is 0.305 e. The molecule has 0 N–H and O–H groups in total. The Morgan fingerprint density at radius 2 is 1.67 bits per heavy atom. The molecular weight excluding hydrogens is 224 g/mol. The topological polar surface area (TPSA) is 26.3 Å². The molecule has 0 aromatic carbocycles. The van der Waals surface area contributed by atoms with Gasteiger partial charge in [-0.05, 0) is 30.1 Å². The molecule has 0 aliphatic heterocycles. The van der Waals surface area contributed by atoms with Gasteiger partial charge in [0.05, 0.1) is 6.61 Å². The van der Waals surface area contributed by atoms with E-state index in [0.29, 0.717) is 18.4 Å². The van der Waals surface area contributed by atoms with Gasteiger partial charge in [0.15, 0.2) is 0 Å². The minimum Gasteiger partial charge on any atom is -0.466 e. The van der Waals surface area contributed by atoms with E-state index in [4.69, 9.17) is 4.74 Å². The SMILES string of the molecule is CCCCCC(=O)OCCC(C)(C)CC(C)(C)C. The maximum absolute atomic E-state index is 11.5. The fourth-order valence-electron chi connectivity index (χ4n) is 2.56. The molecule has 0 aliphatic carbocycles. The van der Waals surface area contributed by atoms with Crippen molar-refractivity contribution in [1.82, 2.24) is 0 Å². The Kier molecular flexibility index (Phi) is 7.58. The van der Waals surface area contributed by atoms with Gasteiger partial charge in [-0.25, -0.2) is 0 Å². The molecule has 0 rings (SSSR count). The summed E-state index contributed by atoms with van der Waals surface area (Å²) < 4.78 is 5.30. The molecule has 0 aromatic heterocycles. The van der Waals surface area contributed by atoms with Crippen LogP contribution in [0.5, 0.6) is 0 Å². The molecule has 0 aromatic rings. The zero-order valence-electron chi connectivity index (χ0n) is 13.3. The predicted molar refractivity (Wildman–Crippen MR) is 77.6 cm³/mol. The van der Waals surface area contributed by atoms with Crippen LogP contribution in [0, 0.1) is 10.8 Å². The van der Waals surface area contributed by atoms with Crippen molar-refractivity contribution in [3.8, 4) is 0 Å². The number of hydrogen-bond acceptors (Lipinski definition) is 2. The molecule has 0 fully saturated rings. The number of ether oxygens (including phenoxy) is 1. The van der Waals surface area contributed by atoms with Gasteiger partial charge in [-0.2, -0.15) is 0 Å². The number of unbranched alkanes of at least 4 members (excludes halogenated alkanes) is 2. The number of carbonyl (C=O) groups is 1. The van der Waals surface area contributed by atoms with Crippen LogP contribution < -0.4 is 0 Å². The van der Waals surface area contributed by atoms with E-state index in [1.54, 1.807) is 0 Å². The molecule has 0 unspecified atom stereocenters. The number of hydrogen-bond donors (Lipinski definition) is 0. The van der Waals surface area contributed by atoms with Crippen molar-refractivity contribution >= 4 is 5.97 Å². The molecule has 2 heteroatoms. The van der Waals surface area contributed by atoms with Crippen LogP contribution in [0.25, 0.3) is 0 Å². The lowest BCUT2D eigenvalue weighted by Gasteiger charge is -2.32. The standard InChI is InChI=1S/C16H32O2/c1-7-8-9-10-14(17)18-12-11-16(5,6)13-15(2,3)4/h7-13H2,1-6H3. The molecule has 2 nitrogen and oxygen atoms in total. The molecule has 0 amide bonds. The molecule has 108 valence electrons. The lowest BCUT2D eigenvalue weighted by Crippen LogP contribution is -2.23. The summed E-state index contributed by atoms with van der Waals surface area (Å²) in [5.41, 5.74) is 0.566. The van der Waals surface area contributed by atoms with E-state index in [1.807, 2.05) is 0 Å². The first-order chi connectivity index (χ1) is 8.16. The van der Waals surface area contributed by atoms with Gasteiger partial charge >= 0.3 is 5.97 Å². The third kappa shape index (κ3) is 10.6. The Bertz CT molecular complexity index is 236. The van der Waals surface area contributed by atoms with Crippen LogP contribution in [0.15, 0.2) is 0 Å². The fourth-order valence-corrected chi connectivity index (χ4v) is 2.56. The zero-order chi connectivity index (χ0) is 14.2. The molecule has 0 radical (unpaired) electrons. The van der Waals surface area contributed by atoms with Crippen molar-refractivity contribution in [2.24, 2.45) is 10.8 Å². The van der Waals surface area contributed by atoms with Crippen LogP contribution in [-0.2, 0) is 9.53 Å². The average molecular weight is 256 g/mol. The number of esters is 1. The highest BCUT2D eigenvalue weighted by Gasteiger charge is 2.25. The molecule has 0 spiro atoms. The van der Waals surface area contributed by atoms with Crippen LogP contribution >= 0.6 is 0 Å². The summed E-state index contributed by atoms with van der Waals surface area (Å²) in [6, 6.07) is 0. The first-order valence-corrected chi connectivity index (χ1v) is 7.32. The second kappa shape index (κ2) is 7.81. The van der Waals surface area contributed by atoms with Gasteiger partial charge < -0.3 is 4.74 Å². The molecule has 18 heavy (non-hydrogen) atoms. The van der Waals surface area contributed by atoms with Crippen LogP contribution in [0.3, 0.4) is 0 Å². The Morgan fingerprint density at radius 3 is 2.17 bits per heavy atom.